The molecule has 1 fully saturated rings. The zero-order valence-corrected chi connectivity index (χ0v) is 14.3. The van der Waals surface area contributed by atoms with Crippen LogP contribution in [-0.2, 0) is 0 Å². The molecule has 128 valence electrons. The summed E-state index contributed by atoms with van der Waals surface area (Å²) in [7, 11) is 0. The van der Waals surface area contributed by atoms with E-state index in [4.69, 9.17) is 11.6 Å². The van der Waals surface area contributed by atoms with Crippen LogP contribution in [0.3, 0.4) is 0 Å². The summed E-state index contributed by atoms with van der Waals surface area (Å²) in [6, 6.07) is 7.22. The minimum atomic E-state index is 0.0177. The maximum atomic E-state index is 12.6. The monoisotopic (exact) mass is 356 g/mol. The van der Waals surface area contributed by atoms with Crippen molar-refractivity contribution < 1.29 is 4.79 Å². The van der Waals surface area contributed by atoms with E-state index in [1.807, 2.05) is 21.6 Å². The third-order valence-corrected chi connectivity index (χ3v) is 4.55. The Hall–Kier alpha value is -2.67. The number of rotatable bonds is 2. The number of amides is 1. The van der Waals surface area contributed by atoms with Gasteiger partial charge in [-0.05, 0) is 30.7 Å². The first-order valence-corrected chi connectivity index (χ1v) is 8.55. The minimum Gasteiger partial charge on any atom is -0.339 e. The molecular formula is C17H17ClN6O. The molecule has 0 bridgehead atoms. The van der Waals surface area contributed by atoms with Crippen molar-refractivity contribution in [3.8, 4) is 0 Å². The Bertz CT molecular complexity index is 897. The van der Waals surface area contributed by atoms with Crippen LogP contribution in [0.1, 0.15) is 16.8 Å². The van der Waals surface area contributed by atoms with Gasteiger partial charge in [-0.25, -0.2) is 0 Å². The van der Waals surface area contributed by atoms with Gasteiger partial charge in [0.2, 0.25) is 5.95 Å². The quantitative estimate of drug-likeness (QED) is 0.703. The van der Waals surface area contributed by atoms with Gasteiger partial charge in [-0.2, -0.15) is 0 Å². The smallest absolute Gasteiger partial charge is 0.255 e. The molecule has 0 saturated carbocycles. The highest BCUT2D eigenvalue weighted by Gasteiger charge is 2.22. The number of pyridine rings is 2. The number of carbonyl (C=O) groups is 1. The van der Waals surface area contributed by atoms with Crippen molar-refractivity contribution in [2.45, 2.75) is 6.42 Å². The summed E-state index contributed by atoms with van der Waals surface area (Å²) in [6.07, 6.45) is 5.96. The van der Waals surface area contributed by atoms with E-state index in [9.17, 15) is 4.79 Å². The molecule has 0 atom stereocenters. The predicted octanol–water partition coefficient (Wildman–Crippen LogP) is 2.13. The van der Waals surface area contributed by atoms with Gasteiger partial charge in [0, 0.05) is 44.8 Å². The van der Waals surface area contributed by atoms with Crippen LogP contribution < -0.4 is 4.90 Å². The van der Waals surface area contributed by atoms with Gasteiger partial charge in [0.25, 0.3) is 5.91 Å². The first kappa shape index (κ1) is 15.8. The van der Waals surface area contributed by atoms with E-state index in [-0.39, 0.29) is 5.91 Å². The number of halogens is 1. The molecule has 0 unspecified atom stereocenters. The van der Waals surface area contributed by atoms with E-state index in [0.29, 0.717) is 30.2 Å². The fourth-order valence-electron chi connectivity index (χ4n) is 3.06. The highest BCUT2D eigenvalue weighted by atomic mass is 35.5. The number of hydrogen-bond acceptors (Lipinski definition) is 5. The minimum absolute atomic E-state index is 0.0177. The molecular weight excluding hydrogens is 340 g/mol. The summed E-state index contributed by atoms with van der Waals surface area (Å²) in [4.78, 5) is 20.7. The summed E-state index contributed by atoms with van der Waals surface area (Å²) < 4.78 is 1.89. The zero-order valence-electron chi connectivity index (χ0n) is 13.5. The largest absolute Gasteiger partial charge is 0.339 e. The number of nitrogens with zero attached hydrogens (tertiary/aromatic N) is 6. The fourth-order valence-corrected chi connectivity index (χ4v) is 3.22. The highest BCUT2D eigenvalue weighted by Crippen LogP contribution is 2.19. The Morgan fingerprint density at radius 1 is 1.08 bits per heavy atom. The van der Waals surface area contributed by atoms with E-state index in [1.165, 1.54) is 0 Å². The molecule has 4 rings (SSSR count). The van der Waals surface area contributed by atoms with Crippen molar-refractivity contribution in [3.63, 3.8) is 0 Å². The lowest BCUT2D eigenvalue weighted by Gasteiger charge is -2.22. The molecule has 4 heterocycles. The van der Waals surface area contributed by atoms with Gasteiger partial charge in [-0.1, -0.05) is 11.6 Å². The Morgan fingerprint density at radius 2 is 2.00 bits per heavy atom. The van der Waals surface area contributed by atoms with Gasteiger partial charge in [0.1, 0.15) is 0 Å². The summed E-state index contributed by atoms with van der Waals surface area (Å²) >= 11 is 6.10. The van der Waals surface area contributed by atoms with Crippen LogP contribution in [0.2, 0.25) is 5.02 Å². The third kappa shape index (κ3) is 3.15. The maximum absolute atomic E-state index is 12.6. The summed E-state index contributed by atoms with van der Waals surface area (Å²) in [6.45, 7) is 2.84. The Kier molecular flexibility index (Phi) is 4.23. The van der Waals surface area contributed by atoms with Crippen LogP contribution >= 0.6 is 11.6 Å². The molecule has 8 heteroatoms. The van der Waals surface area contributed by atoms with Crippen molar-refractivity contribution in [2.75, 3.05) is 31.1 Å². The van der Waals surface area contributed by atoms with Crippen molar-refractivity contribution in [1.29, 1.82) is 0 Å². The molecule has 3 aromatic heterocycles. The second-order valence-electron chi connectivity index (χ2n) is 5.95. The summed E-state index contributed by atoms with van der Waals surface area (Å²) in [5.41, 5.74) is 1.38. The van der Waals surface area contributed by atoms with Crippen LogP contribution in [0.5, 0.6) is 0 Å². The molecule has 0 N–H and O–H groups in total. The number of aromatic nitrogens is 4. The van der Waals surface area contributed by atoms with Crippen molar-refractivity contribution in [2.24, 2.45) is 0 Å². The lowest BCUT2D eigenvalue weighted by Crippen LogP contribution is -2.35. The normalized spacial score (nSPS) is 15.4. The highest BCUT2D eigenvalue weighted by molar-refractivity contribution is 6.30. The van der Waals surface area contributed by atoms with Crippen molar-refractivity contribution in [1.82, 2.24) is 24.5 Å². The van der Waals surface area contributed by atoms with Crippen LogP contribution in [0, 0.1) is 0 Å². The fraction of sp³-hybridized carbons (Fsp3) is 0.294. The lowest BCUT2D eigenvalue weighted by molar-refractivity contribution is 0.0766. The Labute approximate surface area is 149 Å². The maximum Gasteiger partial charge on any atom is 0.255 e. The van der Waals surface area contributed by atoms with E-state index in [0.717, 1.165) is 24.6 Å². The topological polar surface area (TPSA) is 66.6 Å². The molecule has 0 radical (unpaired) electrons. The Morgan fingerprint density at radius 3 is 2.84 bits per heavy atom. The lowest BCUT2D eigenvalue weighted by atomic mass is 10.2. The average molecular weight is 357 g/mol. The second-order valence-corrected chi connectivity index (χ2v) is 6.39. The van der Waals surface area contributed by atoms with Gasteiger partial charge in [-0.15, -0.1) is 10.2 Å². The van der Waals surface area contributed by atoms with E-state index < -0.39 is 0 Å². The first-order chi connectivity index (χ1) is 12.2. The van der Waals surface area contributed by atoms with Crippen LogP contribution in [0.25, 0.3) is 5.65 Å². The SMILES string of the molecule is O=C(c1cccnc1)N1CCCN(c2nnc3ccc(Cl)cn23)CC1. The van der Waals surface area contributed by atoms with Crippen molar-refractivity contribution >= 4 is 29.1 Å². The molecule has 1 aliphatic heterocycles. The molecule has 0 aliphatic carbocycles. The number of fused-ring (bicyclic) bond motifs is 1. The Balaban J connectivity index is 1.53. The average Bonchev–Trinajstić information content (AvgIpc) is 2.90. The van der Waals surface area contributed by atoms with Gasteiger partial charge < -0.3 is 9.80 Å². The number of carbonyl (C=O) groups excluding carboxylic acids is 1. The molecule has 1 amide bonds. The molecule has 1 saturated heterocycles. The first-order valence-electron chi connectivity index (χ1n) is 8.17. The van der Waals surface area contributed by atoms with Crippen LogP contribution in [0.4, 0.5) is 5.95 Å². The molecule has 7 nitrogen and oxygen atoms in total. The van der Waals surface area contributed by atoms with Crippen molar-refractivity contribution in [3.05, 3.63) is 53.4 Å². The van der Waals surface area contributed by atoms with Crippen LogP contribution in [0.15, 0.2) is 42.9 Å². The molecule has 1 aliphatic rings. The van der Waals surface area contributed by atoms with E-state index in [1.54, 1.807) is 30.6 Å². The third-order valence-electron chi connectivity index (χ3n) is 4.32. The van der Waals surface area contributed by atoms with E-state index >= 15 is 0 Å². The summed E-state index contributed by atoms with van der Waals surface area (Å²) in [5, 5.41) is 9.12. The van der Waals surface area contributed by atoms with Gasteiger partial charge in [0.15, 0.2) is 5.65 Å². The molecule has 3 aromatic rings. The number of anilines is 1. The zero-order chi connectivity index (χ0) is 17.2. The molecule has 0 aromatic carbocycles. The second kappa shape index (κ2) is 6.68. The molecule has 25 heavy (non-hydrogen) atoms. The standard InChI is InChI=1S/C17H17ClN6O/c18-14-4-5-15-20-21-17(24(15)12-14)23-8-2-7-22(9-10-23)16(25)13-3-1-6-19-11-13/h1,3-6,11-12H,2,7-10H2. The molecule has 0 spiro atoms. The van der Waals surface area contributed by atoms with E-state index in [2.05, 4.69) is 20.1 Å². The predicted molar refractivity (Wildman–Crippen MR) is 95.0 cm³/mol. The van der Waals surface area contributed by atoms with Gasteiger partial charge in [-0.3, -0.25) is 14.2 Å². The van der Waals surface area contributed by atoms with Crippen LogP contribution in [-0.4, -0.2) is 56.6 Å². The van der Waals surface area contributed by atoms with Gasteiger partial charge >= 0.3 is 0 Å². The number of hydrogen-bond donors (Lipinski definition) is 0. The van der Waals surface area contributed by atoms with Gasteiger partial charge in [0.05, 0.1) is 10.6 Å². The summed E-state index contributed by atoms with van der Waals surface area (Å²) in [5.74, 6) is 0.775.